The summed E-state index contributed by atoms with van der Waals surface area (Å²) < 4.78 is 4.22. The van der Waals surface area contributed by atoms with Crippen LogP contribution in [-0.2, 0) is 0 Å². The van der Waals surface area contributed by atoms with Crippen molar-refractivity contribution in [3.8, 4) is 5.75 Å². The van der Waals surface area contributed by atoms with Gasteiger partial charge >= 0.3 is 0 Å². The Hall–Kier alpha value is -1.26. The average Bonchev–Trinajstić information content (AvgIpc) is 1.93. The van der Waals surface area contributed by atoms with Crippen molar-refractivity contribution in [2.45, 2.75) is 0 Å². The molecule has 0 aliphatic heterocycles. The highest BCUT2D eigenvalue weighted by molar-refractivity contribution is 6.32. The molecule has 0 fully saturated rings. The third kappa shape index (κ3) is 2.77. The van der Waals surface area contributed by atoms with E-state index in [9.17, 15) is 9.90 Å². The molecule has 12 heavy (non-hydrogen) atoms. The van der Waals surface area contributed by atoms with Gasteiger partial charge in [-0.15, -0.1) is 0 Å². The first-order chi connectivity index (χ1) is 5.20. The van der Waals surface area contributed by atoms with Gasteiger partial charge in [-0.25, -0.2) is 0 Å². The van der Waals surface area contributed by atoms with E-state index in [1.54, 1.807) is 12.1 Å². The van der Waals surface area contributed by atoms with Crippen molar-refractivity contribution in [1.29, 1.82) is 0 Å². The summed E-state index contributed by atoms with van der Waals surface area (Å²) in [4.78, 5) is 9.93. The number of benzene rings is 1. The second-order valence-electron chi connectivity index (χ2n) is 1.78. The maximum Gasteiger partial charge on any atom is 0.257 e. The van der Waals surface area contributed by atoms with Gasteiger partial charge in [0.2, 0.25) is 0 Å². The predicted octanol–water partition coefficient (Wildman–Crippen LogP) is 1.44. The van der Waals surface area contributed by atoms with E-state index in [1.807, 2.05) is 0 Å². The van der Waals surface area contributed by atoms with Crippen LogP contribution in [0.2, 0.25) is 5.02 Å². The first-order valence-electron chi connectivity index (χ1n) is 2.83. The molecule has 0 heterocycles. The smallest absolute Gasteiger partial charge is 0.257 e. The lowest BCUT2D eigenvalue weighted by Crippen LogP contribution is -2.26. The molecule has 0 radical (unpaired) electrons. The van der Waals surface area contributed by atoms with Crippen molar-refractivity contribution in [1.82, 2.24) is 6.15 Å². The molecule has 0 aliphatic rings. The molecule has 0 unspecified atom stereocenters. The fourth-order valence-corrected chi connectivity index (χ4v) is 0.792. The Kier molecular flexibility index (Phi) is 4.10. The Balaban J connectivity index is 0.00000121. The van der Waals surface area contributed by atoms with Crippen molar-refractivity contribution < 1.29 is 14.6 Å². The van der Waals surface area contributed by atoms with Crippen LogP contribution in [0.25, 0.3) is 0 Å². The SMILES string of the molecule is O=C([O-])Oc1ccccc1Cl.[NH4+]. The number of rotatable bonds is 1. The summed E-state index contributed by atoms with van der Waals surface area (Å²) in [6, 6.07) is 6.26. The van der Waals surface area contributed by atoms with Crippen molar-refractivity contribution in [3.63, 3.8) is 0 Å². The van der Waals surface area contributed by atoms with Gasteiger partial charge in [0.15, 0.2) is 0 Å². The van der Waals surface area contributed by atoms with Crippen LogP contribution in [0.1, 0.15) is 0 Å². The zero-order valence-electron chi connectivity index (χ0n) is 6.41. The third-order valence-electron chi connectivity index (χ3n) is 1.03. The minimum atomic E-state index is -1.61. The summed E-state index contributed by atoms with van der Waals surface area (Å²) in [7, 11) is 0. The highest BCUT2D eigenvalue weighted by Crippen LogP contribution is 2.22. The molecule has 0 aromatic heterocycles. The Labute approximate surface area is 74.3 Å². The van der Waals surface area contributed by atoms with E-state index in [0.29, 0.717) is 0 Å². The zero-order valence-corrected chi connectivity index (χ0v) is 7.17. The van der Waals surface area contributed by atoms with Crippen molar-refractivity contribution in [2.24, 2.45) is 0 Å². The van der Waals surface area contributed by atoms with Gasteiger partial charge in [-0.3, -0.25) is 0 Å². The van der Waals surface area contributed by atoms with Gasteiger partial charge in [0.1, 0.15) is 0 Å². The normalized spacial score (nSPS) is 8.42. The van der Waals surface area contributed by atoms with Gasteiger partial charge in [0, 0.05) is 0 Å². The van der Waals surface area contributed by atoms with Gasteiger partial charge in [0.05, 0.1) is 10.8 Å². The molecular weight excluding hydrogens is 182 g/mol. The number of quaternary nitrogens is 1. The van der Waals surface area contributed by atoms with Crippen LogP contribution in [0.3, 0.4) is 0 Å². The number of carbonyl (C=O) groups excluding carboxylic acids is 1. The number of hydrogen-bond acceptors (Lipinski definition) is 3. The summed E-state index contributed by atoms with van der Waals surface area (Å²) in [6.45, 7) is 0. The lowest BCUT2D eigenvalue weighted by Gasteiger charge is -2.08. The molecular formula is C7H8ClNO3. The van der Waals surface area contributed by atoms with Crippen molar-refractivity contribution in [3.05, 3.63) is 29.3 Å². The van der Waals surface area contributed by atoms with E-state index in [4.69, 9.17) is 11.6 Å². The molecule has 0 bridgehead atoms. The van der Waals surface area contributed by atoms with Gasteiger partial charge in [-0.1, -0.05) is 23.7 Å². The fourth-order valence-electron chi connectivity index (χ4n) is 0.617. The fraction of sp³-hybridized carbons (Fsp3) is 0. The molecule has 0 aliphatic carbocycles. The second kappa shape index (κ2) is 4.58. The molecule has 0 spiro atoms. The molecule has 0 atom stereocenters. The van der Waals surface area contributed by atoms with E-state index in [1.165, 1.54) is 12.1 Å². The highest BCUT2D eigenvalue weighted by atomic mass is 35.5. The number of para-hydroxylation sites is 1. The number of carboxylic acid groups (broad SMARTS) is 1. The molecule has 1 aromatic rings. The van der Waals surface area contributed by atoms with E-state index in [0.717, 1.165) is 0 Å². The van der Waals surface area contributed by atoms with E-state index in [-0.39, 0.29) is 16.9 Å². The Morgan fingerprint density at radius 3 is 2.50 bits per heavy atom. The number of carbonyl (C=O) groups is 1. The van der Waals surface area contributed by atoms with E-state index < -0.39 is 6.16 Å². The minimum Gasteiger partial charge on any atom is -0.512 e. The molecule has 1 aromatic carbocycles. The third-order valence-corrected chi connectivity index (χ3v) is 1.34. The van der Waals surface area contributed by atoms with Crippen molar-refractivity contribution in [2.75, 3.05) is 0 Å². The molecule has 5 heteroatoms. The summed E-state index contributed by atoms with van der Waals surface area (Å²) >= 11 is 5.55. The van der Waals surface area contributed by atoms with Crippen LogP contribution in [0, 0.1) is 0 Å². The average molecular weight is 190 g/mol. The summed E-state index contributed by atoms with van der Waals surface area (Å²) in [5.74, 6) is 0.0918. The maximum atomic E-state index is 9.93. The van der Waals surface area contributed by atoms with Crippen molar-refractivity contribution >= 4 is 17.8 Å². The minimum absolute atomic E-state index is 0. The Morgan fingerprint density at radius 2 is 2.00 bits per heavy atom. The van der Waals surface area contributed by atoms with Crippen LogP contribution < -0.4 is 16.0 Å². The molecule has 0 saturated heterocycles. The lowest BCUT2D eigenvalue weighted by atomic mass is 10.3. The highest BCUT2D eigenvalue weighted by Gasteiger charge is 1.95. The molecule has 4 N–H and O–H groups in total. The van der Waals surface area contributed by atoms with Crippen LogP contribution in [0.4, 0.5) is 4.79 Å². The number of halogens is 1. The molecule has 1 rings (SSSR count). The lowest BCUT2D eigenvalue weighted by molar-refractivity contribution is -0.271. The summed E-state index contributed by atoms with van der Waals surface area (Å²) in [5, 5.41) is 10.2. The summed E-state index contributed by atoms with van der Waals surface area (Å²) in [6.07, 6.45) is -1.61. The van der Waals surface area contributed by atoms with Gasteiger partial charge in [-0.05, 0) is 12.1 Å². The van der Waals surface area contributed by atoms with Gasteiger partial charge in [-0.2, -0.15) is 0 Å². The molecule has 0 amide bonds. The van der Waals surface area contributed by atoms with E-state index in [2.05, 4.69) is 4.74 Å². The maximum absolute atomic E-state index is 9.93. The standard InChI is InChI=1S/C7H5ClO3.H3N/c8-5-3-1-2-4-6(5)11-7(9)10;/h1-4H,(H,9,10);1H3. The largest absolute Gasteiger partial charge is 0.512 e. The molecule has 4 nitrogen and oxygen atoms in total. The predicted molar refractivity (Wildman–Crippen MR) is 43.5 cm³/mol. The molecule has 0 saturated carbocycles. The first kappa shape index (κ1) is 10.7. The van der Waals surface area contributed by atoms with Gasteiger partial charge in [0.25, 0.3) is 6.16 Å². The number of hydrogen-bond donors (Lipinski definition) is 1. The molecule has 66 valence electrons. The van der Waals surface area contributed by atoms with Crippen LogP contribution in [-0.4, -0.2) is 6.16 Å². The van der Waals surface area contributed by atoms with Crippen LogP contribution in [0.15, 0.2) is 24.3 Å². The zero-order chi connectivity index (χ0) is 8.27. The topological polar surface area (TPSA) is 85.9 Å². The quantitative estimate of drug-likeness (QED) is 0.536. The Morgan fingerprint density at radius 1 is 1.42 bits per heavy atom. The van der Waals surface area contributed by atoms with Crippen LogP contribution in [0.5, 0.6) is 5.75 Å². The van der Waals surface area contributed by atoms with Gasteiger partial charge < -0.3 is 20.8 Å². The van der Waals surface area contributed by atoms with E-state index >= 15 is 0 Å². The van der Waals surface area contributed by atoms with Crippen LogP contribution >= 0.6 is 11.6 Å². The second-order valence-corrected chi connectivity index (χ2v) is 2.19. The first-order valence-corrected chi connectivity index (χ1v) is 3.21. The Bertz CT molecular complexity index is 277. The number of ether oxygens (including phenoxy) is 1. The monoisotopic (exact) mass is 189 g/mol. The summed E-state index contributed by atoms with van der Waals surface area (Å²) in [5.41, 5.74) is 0.